The number of carbonyl (C=O) groups excluding carboxylic acids is 2. The van der Waals surface area contributed by atoms with E-state index in [0.717, 1.165) is 44.5 Å². The number of ether oxygens (including phenoxy) is 1. The van der Waals surface area contributed by atoms with E-state index in [1.54, 1.807) is 12.1 Å². The summed E-state index contributed by atoms with van der Waals surface area (Å²) in [5.74, 6) is -0.139. The van der Waals surface area contributed by atoms with Crippen LogP contribution in [0.1, 0.15) is 34.3 Å². The van der Waals surface area contributed by atoms with Crippen molar-refractivity contribution in [2.45, 2.75) is 25.8 Å². The highest BCUT2D eigenvalue weighted by Gasteiger charge is 2.25. The van der Waals surface area contributed by atoms with Crippen LogP contribution in [-0.2, 0) is 22.5 Å². The van der Waals surface area contributed by atoms with Crippen molar-refractivity contribution >= 4 is 11.9 Å². The monoisotopic (exact) mass is 380 g/mol. The van der Waals surface area contributed by atoms with Crippen molar-refractivity contribution in [2.75, 3.05) is 26.7 Å². The Morgan fingerprint density at radius 3 is 2.54 bits per heavy atom. The molecule has 5 nitrogen and oxygen atoms in total. The van der Waals surface area contributed by atoms with Crippen LogP contribution in [0.4, 0.5) is 0 Å². The number of nitrogens with one attached hydrogen (secondary N) is 1. The van der Waals surface area contributed by atoms with Crippen LogP contribution in [-0.4, -0.2) is 43.5 Å². The van der Waals surface area contributed by atoms with Gasteiger partial charge in [-0.25, -0.2) is 4.79 Å². The highest BCUT2D eigenvalue weighted by Crippen LogP contribution is 2.19. The summed E-state index contributed by atoms with van der Waals surface area (Å²) < 4.78 is 4.70. The quantitative estimate of drug-likeness (QED) is 0.750. The molecule has 0 aliphatic carbocycles. The zero-order valence-corrected chi connectivity index (χ0v) is 16.4. The van der Waals surface area contributed by atoms with Crippen LogP contribution in [0.5, 0.6) is 0 Å². The Hall–Kier alpha value is -2.66. The van der Waals surface area contributed by atoms with Gasteiger partial charge in [-0.3, -0.25) is 9.69 Å². The van der Waals surface area contributed by atoms with Crippen LogP contribution < -0.4 is 5.32 Å². The molecule has 28 heavy (non-hydrogen) atoms. The summed E-state index contributed by atoms with van der Waals surface area (Å²) in [5, 5.41) is 3.08. The molecule has 1 amide bonds. The van der Waals surface area contributed by atoms with Crippen molar-refractivity contribution in [3.8, 4) is 0 Å². The Balaban J connectivity index is 1.43. The van der Waals surface area contributed by atoms with Crippen LogP contribution in [0, 0.1) is 5.92 Å². The average molecular weight is 380 g/mol. The van der Waals surface area contributed by atoms with E-state index in [0.29, 0.717) is 12.1 Å². The summed E-state index contributed by atoms with van der Waals surface area (Å²) in [6, 6.07) is 17.7. The predicted molar refractivity (Wildman–Crippen MR) is 109 cm³/mol. The summed E-state index contributed by atoms with van der Waals surface area (Å²) in [6.07, 6.45) is 2.75. The number of carbonyl (C=O) groups is 2. The van der Waals surface area contributed by atoms with Crippen LogP contribution >= 0.6 is 0 Å². The first kappa shape index (κ1) is 20.1. The molecule has 148 valence electrons. The first-order chi connectivity index (χ1) is 13.7. The molecule has 0 aromatic heterocycles. The number of rotatable bonds is 7. The maximum Gasteiger partial charge on any atom is 0.337 e. The first-order valence-electron chi connectivity index (χ1n) is 9.87. The third-order valence-corrected chi connectivity index (χ3v) is 5.21. The van der Waals surface area contributed by atoms with Crippen LogP contribution in [0.15, 0.2) is 54.6 Å². The zero-order valence-electron chi connectivity index (χ0n) is 16.4. The number of methoxy groups -OCH3 is 1. The minimum Gasteiger partial charge on any atom is -0.465 e. The van der Waals surface area contributed by atoms with E-state index in [9.17, 15) is 9.59 Å². The van der Waals surface area contributed by atoms with Gasteiger partial charge in [0.1, 0.15) is 0 Å². The number of amides is 1. The molecule has 1 aliphatic heterocycles. The number of hydrogen-bond donors (Lipinski definition) is 1. The summed E-state index contributed by atoms with van der Waals surface area (Å²) in [5.41, 5.74) is 2.91. The topological polar surface area (TPSA) is 58.6 Å². The van der Waals surface area contributed by atoms with Crippen molar-refractivity contribution in [3.63, 3.8) is 0 Å². The van der Waals surface area contributed by atoms with E-state index in [1.165, 1.54) is 12.7 Å². The van der Waals surface area contributed by atoms with Gasteiger partial charge in [0.05, 0.1) is 18.6 Å². The Morgan fingerprint density at radius 2 is 1.82 bits per heavy atom. The Bertz CT molecular complexity index is 774. The molecule has 5 heteroatoms. The summed E-state index contributed by atoms with van der Waals surface area (Å²) in [7, 11) is 1.37. The fourth-order valence-corrected chi connectivity index (χ4v) is 3.65. The van der Waals surface area contributed by atoms with E-state index in [1.807, 2.05) is 18.2 Å². The summed E-state index contributed by atoms with van der Waals surface area (Å²) in [6.45, 7) is 3.36. The highest BCUT2D eigenvalue weighted by atomic mass is 16.5. The largest absolute Gasteiger partial charge is 0.465 e. The SMILES string of the molecule is COC(=O)c1ccc(CCNC(=O)C2CCCN(Cc3ccccc3)C2)cc1. The standard InChI is InChI=1S/C23H28N2O3/c1-28-23(27)20-11-9-18(10-12-20)13-14-24-22(26)21-8-5-15-25(17-21)16-19-6-3-2-4-7-19/h2-4,6-7,9-12,21H,5,8,13-17H2,1H3,(H,24,26). The van der Waals surface area contributed by atoms with E-state index in [2.05, 4.69) is 34.5 Å². The number of likely N-dealkylation sites (tertiary alicyclic amines) is 1. The lowest BCUT2D eigenvalue weighted by atomic mass is 9.96. The Kier molecular flexibility index (Phi) is 7.20. The Morgan fingerprint density at radius 1 is 1.07 bits per heavy atom. The van der Waals surface area contributed by atoms with E-state index in [4.69, 9.17) is 4.74 Å². The second kappa shape index (κ2) is 10.0. The molecule has 1 unspecified atom stereocenters. The van der Waals surface area contributed by atoms with Gasteiger partial charge in [0.2, 0.25) is 5.91 Å². The van der Waals surface area contributed by atoms with Crippen molar-refractivity contribution < 1.29 is 14.3 Å². The van der Waals surface area contributed by atoms with Gasteiger partial charge in [-0.05, 0) is 49.1 Å². The number of esters is 1. The molecule has 1 saturated heterocycles. The summed E-state index contributed by atoms with van der Waals surface area (Å²) >= 11 is 0. The maximum atomic E-state index is 12.6. The fraction of sp³-hybridized carbons (Fsp3) is 0.391. The average Bonchev–Trinajstić information content (AvgIpc) is 2.74. The lowest BCUT2D eigenvalue weighted by Gasteiger charge is -2.32. The molecule has 1 atom stereocenters. The molecule has 0 bridgehead atoms. The van der Waals surface area contributed by atoms with Gasteiger partial charge in [0.25, 0.3) is 0 Å². The van der Waals surface area contributed by atoms with E-state index >= 15 is 0 Å². The van der Waals surface area contributed by atoms with E-state index < -0.39 is 0 Å². The third kappa shape index (κ3) is 5.67. The first-order valence-corrected chi connectivity index (χ1v) is 9.87. The van der Waals surface area contributed by atoms with Crippen LogP contribution in [0.25, 0.3) is 0 Å². The molecule has 1 heterocycles. The predicted octanol–water partition coefficient (Wildman–Crippen LogP) is 3.04. The highest BCUT2D eigenvalue weighted by molar-refractivity contribution is 5.89. The molecule has 1 N–H and O–H groups in total. The minimum atomic E-state index is -0.336. The van der Waals surface area contributed by atoms with Crippen molar-refractivity contribution in [3.05, 3.63) is 71.3 Å². The molecule has 2 aromatic rings. The van der Waals surface area contributed by atoms with Gasteiger partial charge in [0.15, 0.2) is 0 Å². The van der Waals surface area contributed by atoms with Gasteiger partial charge in [-0.15, -0.1) is 0 Å². The molecular weight excluding hydrogens is 352 g/mol. The van der Waals surface area contributed by atoms with Gasteiger partial charge in [-0.2, -0.15) is 0 Å². The second-order valence-electron chi connectivity index (χ2n) is 7.29. The third-order valence-electron chi connectivity index (χ3n) is 5.21. The lowest BCUT2D eigenvalue weighted by Crippen LogP contribution is -2.43. The second-order valence-corrected chi connectivity index (χ2v) is 7.29. The van der Waals surface area contributed by atoms with E-state index in [-0.39, 0.29) is 17.8 Å². The summed E-state index contributed by atoms with van der Waals surface area (Å²) in [4.78, 5) is 26.4. The molecule has 0 saturated carbocycles. The molecule has 2 aromatic carbocycles. The molecule has 0 radical (unpaired) electrons. The fourth-order valence-electron chi connectivity index (χ4n) is 3.65. The molecule has 0 spiro atoms. The molecule has 3 rings (SSSR count). The van der Waals surface area contributed by atoms with Crippen molar-refractivity contribution in [2.24, 2.45) is 5.92 Å². The molecule has 1 aliphatic rings. The normalized spacial score (nSPS) is 17.1. The maximum absolute atomic E-state index is 12.6. The smallest absolute Gasteiger partial charge is 0.337 e. The lowest BCUT2D eigenvalue weighted by molar-refractivity contribution is -0.126. The van der Waals surface area contributed by atoms with Gasteiger partial charge in [0, 0.05) is 19.6 Å². The molecular formula is C23H28N2O3. The van der Waals surface area contributed by atoms with Gasteiger partial charge < -0.3 is 10.1 Å². The number of nitrogens with zero attached hydrogens (tertiary/aromatic N) is 1. The van der Waals surface area contributed by atoms with Crippen LogP contribution in [0.2, 0.25) is 0 Å². The number of benzene rings is 2. The number of hydrogen-bond acceptors (Lipinski definition) is 4. The van der Waals surface area contributed by atoms with Crippen LogP contribution in [0.3, 0.4) is 0 Å². The zero-order chi connectivity index (χ0) is 19.8. The van der Waals surface area contributed by atoms with Gasteiger partial charge in [-0.1, -0.05) is 42.5 Å². The van der Waals surface area contributed by atoms with Crippen molar-refractivity contribution in [1.82, 2.24) is 10.2 Å². The van der Waals surface area contributed by atoms with Gasteiger partial charge >= 0.3 is 5.97 Å². The Labute approximate surface area is 166 Å². The van der Waals surface area contributed by atoms with Crippen molar-refractivity contribution in [1.29, 1.82) is 0 Å². The minimum absolute atomic E-state index is 0.0548. The number of piperidine rings is 1. The molecule has 1 fully saturated rings.